The number of thiocarbonyl (C=S) groups is 1. The van der Waals surface area contributed by atoms with Crippen LogP contribution in [0.1, 0.15) is 27.2 Å². The molecule has 0 radical (unpaired) electrons. The van der Waals surface area contributed by atoms with E-state index in [0.717, 1.165) is 6.42 Å². The van der Waals surface area contributed by atoms with Gasteiger partial charge in [0.25, 0.3) is 0 Å². The van der Waals surface area contributed by atoms with Crippen LogP contribution < -0.4 is 5.73 Å². The van der Waals surface area contributed by atoms with Crippen LogP contribution in [-0.4, -0.2) is 36.1 Å². The van der Waals surface area contributed by atoms with Gasteiger partial charge in [-0.3, -0.25) is 0 Å². The van der Waals surface area contributed by atoms with Gasteiger partial charge in [0.05, 0.1) is 4.99 Å². The molecule has 0 amide bonds. The maximum absolute atomic E-state index is 12.1. The molecule has 1 aliphatic heterocycles. The van der Waals surface area contributed by atoms with E-state index in [1.807, 2.05) is 0 Å². The average Bonchev–Trinajstić information content (AvgIpc) is 2.65. The second-order valence-electron chi connectivity index (χ2n) is 4.74. The SMILES string of the molecule is CC(C)C1CCN(S(=O)(=O)C(C)C(N)=S)C1. The van der Waals surface area contributed by atoms with Crippen molar-refractivity contribution >= 4 is 27.2 Å². The van der Waals surface area contributed by atoms with Crippen LogP contribution in [0.15, 0.2) is 0 Å². The second-order valence-corrected chi connectivity index (χ2v) is 7.47. The van der Waals surface area contributed by atoms with Crippen LogP contribution in [-0.2, 0) is 10.0 Å². The fourth-order valence-corrected chi connectivity index (χ4v) is 3.76. The van der Waals surface area contributed by atoms with Crippen molar-refractivity contribution in [2.45, 2.75) is 32.4 Å². The van der Waals surface area contributed by atoms with Crippen LogP contribution in [0.5, 0.6) is 0 Å². The van der Waals surface area contributed by atoms with Crippen molar-refractivity contribution in [3.05, 3.63) is 0 Å². The molecule has 0 spiro atoms. The van der Waals surface area contributed by atoms with Crippen LogP contribution in [0.4, 0.5) is 0 Å². The summed E-state index contributed by atoms with van der Waals surface area (Å²) in [6.45, 7) is 7.00. The van der Waals surface area contributed by atoms with E-state index in [0.29, 0.717) is 24.9 Å². The third kappa shape index (κ3) is 2.73. The molecule has 0 aromatic rings. The minimum absolute atomic E-state index is 0.0491. The molecule has 1 saturated heterocycles. The molecule has 6 heteroatoms. The Bertz CT molecular complexity index is 365. The molecular weight excluding hydrogens is 244 g/mol. The van der Waals surface area contributed by atoms with E-state index in [1.165, 1.54) is 4.31 Å². The Balaban J connectivity index is 2.77. The average molecular weight is 264 g/mol. The van der Waals surface area contributed by atoms with Crippen LogP contribution >= 0.6 is 12.2 Å². The molecule has 0 saturated carbocycles. The quantitative estimate of drug-likeness (QED) is 0.769. The predicted octanol–water partition coefficient (Wildman–Crippen LogP) is 0.969. The zero-order valence-corrected chi connectivity index (χ0v) is 11.6. The van der Waals surface area contributed by atoms with Gasteiger partial charge in [0, 0.05) is 13.1 Å². The van der Waals surface area contributed by atoms with Gasteiger partial charge in [-0.15, -0.1) is 0 Å². The first-order chi connectivity index (χ1) is 7.26. The topological polar surface area (TPSA) is 63.4 Å². The zero-order valence-electron chi connectivity index (χ0n) is 10.0. The van der Waals surface area contributed by atoms with Gasteiger partial charge in [-0.1, -0.05) is 26.1 Å². The predicted molar refractivity (Wildman–Crippen MR) is 69.7 cm³/mol. The third-order valence-electron chi connectivity index (χ3n) is 3.34. The minimum Gasteiger partial charge on any atom is -0.392 e. The molecule has 0 bridgehead atoms. The van der Waals surface area contributed by atoms with Gasteiger partial charge in [-0.2, -0.15) is 0 Å². The van der Waals surface area contributed by atoms with Gasteiger partial charge in [0.15, 0.2) is 0 Å². The highest BCUT2D eigenvalue weighted by atomic mass is 32.2. The molecule has 2 unspecified atom stereocenters. The summed E-state index contributed by atoms with van der Waals surface area (Å²) >= 11 is 4.75. The van der Waals surface area contributed by atoms with E-state index < -0.39 is 15.3 Å². The summed E-state index contributed by atoms with van der Waals surface area (Å²) < 4.78 is 25.7. The number of rotatable bonds is 4. The van der Waals surface area contributed by atoms with E-state index in [4.69, 9.17) is 18.0 Å². The lowest BCUT2D eigenvalue weighted by molar-refractivity contribution is 0.388. The molecule has 0 aromatic carbocycles. The summed E-state index contributed by atoms with van der Waals surface area (Å²) in [5.74, 6) is 0.966. The second kappa shape index (κ2) is 4.98. The Morgan fingerprint density at radius 2 is 2.00 bits per heavy atom. The van der Waals surface area contributed by atoms with Gasteiger partial charge in [0.2, 0.25) is 10.0 Å². The molecule has 4 nitrogen and oxygen atoms in total. The first-order valence-electron chi connectivity index (χ1n) is 5.55. The van der Waals surface area contributed by atoms with Crippen molar-refractivity contribution in [3.63, 3.8) is 0 Å². The van der Waals surface area contributed by atoms with Crippen molar-refractivity contribution in [1.82, 2.24) is 4.31 Å². The molecule has 0 aromatic heterocycles. The Kier molecular flexibility index (Phi) is 4.31. The molecule has 94 valence electrons. The molecule has 1 fully saturated rings. The van der Waals surface area contributed by atoms with E-state index in [2.05, 4.69) is 13.8 Å². The van der Waals surface area contributed by atoms with Crippen LogP contribution in [0.2, 0.25) is 0 Å². The molecule has 1 heterocycles. The summed E-state index contributed by atoms with van der Waals surface area (Å²) in [6, 6.07) is 0. The normalized spacial score (nSPS) is 24.9. The number of nitrogens with two attached hydrogens (primary N) is 1. The number of hydrogen-bond acceptors (Lipinski definition) is 3. The molecule has 2 atom stereocenters. The van der Waals surface area contributed by atoms with Gasteiger partial charge in [-0.05, 0) is 25.2 Å². The molecule has 16 heavy (non-hydrogen) atoms. The van der Waals surface area contributed by atoms with Crippen molar-refractivity contribution in [1.29, 1.82) is 0 Å². The highest BCUT2D eigenvalue weighted by Crippen LogP contribution is 2.27. The van der Waals surface area contributed by atoms with Gasteiger partial charge < -0.3 is 5.73 Å². The molecule has 1 aliphatic rings. The number of sulfonamides is 1. The van der Waals surface area contributed by atoms with Crippen molar-refractivity contribution in [2.75, 3.05) is 13.1 Å². The largest absolute Gasteiger partial charge is 0.392 e. The van der Waals surface area contributed by atoms with Crippen molar-refractivity contribution in [3.8, 4) is 0 Å². The smallest absolute Gasteiger partial charge is 0.223 e. The first kappa shape index (κ1) is 13.9. The summed E-state index contributed by atoms with van der Waals surface area (Å²) in [6.07, 6.45) is 0.931. The summed E-state index contributed by atoms with van der Waals surface area (Å²) in [4.78, 5) is 0.0491. The lowest BCUT2D eigenvalue weighted by atomic mass is 9.96. The maximum atomic E-state index is 12.1. The van der Waals surface area contributed by atoms with E-state index in [9.17, 15) is 8.42 Å². The van der Waals surface area contributed by atoms with Crippen LogP contribution in [0.25, 0.3) is 0 Å². The number of nitrogens with zero attached hydrogens (tertiary/aromatic N) is 1. The first-order valence-corrected chi connectivity index (χ1v) is 7.46. The van der Waals surface area contributed by atoms with E-state index in [-0.39, 0.29) is 4.99 Å². The van der Waals surface area contributed by atoms with E-state index >= 15 is 0 Å². The molecular formula is C10H20N2O2S2. The van der Waals surface area contributed by atoms with Gasteiger partial charge >= 0.3 is 0 Å². The molecule has 1 rings (SSSR count). The van der Waals surface area contributed by atoms with Crippen molar-refractivity contribution < 1.29 is 8.42 Å². The Labute approximate surface area is 103 Å². The van der Waals surface area contributed by atoms with Crippen LogP contribution in [0, 0.1) is 11.8 Å². The van der Waals surface area contributed by atoms with Gasteiger partial charge in [-0.25, -0.2) is 12.7 Å². The Hall–Kier alpha value is -0.200. The maximum Gasteiger partial charge on any atom is 0.223 e. The highest BCUT2D eigenvalue weighted by Gasteiger charge is 2.36. The summed E-state index contributed by atoms with van der Waals surface area (Å²) in [5.41, 5.74) is 5.41. The van der Waals surface area contributed by atoms with Crippen molar-refractivity contribution in [2.24, 2.45) is 17.6 Å². The van der Waals surface area contributed by atoms with Crippen LogP contribution in [0.3, 0.4) is 0 Å². The zero-order chi connectivity index (χ0) is 12.5. The monoisotopic (exact) mass is 264 g/mol. The third-order valence-corrected chi connectivity index (χ3v) is 6.04. The minimum atomic E-state index is -3.34. The summed E-state index contributed by atoms with van der Waals surface area (Å²) in [7, 11) is -3.34. The lowest BCUT2D eigenvalue weighted by Crippen LogP contribution is -2.42. The fourth-order valence-electron chi connectivity index (χ4n) is 1.90. The fraction of sp³-hybridized carbons (Fsp3) is 0.900. The van der Waals surface area contributed by atoms with Gasteiger partial charge in [0.1, 0.15) is 5.25 Å². The Morgan fingerprint density at radius 1 is 1.44 bits per heavy atom. The molecule has 0 aliphatic carbocycles. The summed E-state index contributed by atoms with van der Waals surface area (Å²) in [5, 5.41) is -0.756. The standard InChI is InChI=1S/C10H20N2O2S2/c1-7(2)9-4-5-12(6-9)16(13,14)8(3)10(11)15/h7-9H,4-6H2,1-3H3,(H2,11,15). The Morgan fingerprint density at radius 3 is 2.38 bits per heavy atom. The van der Waals surface area contributed by atoms with E-state index in [1.54, 1.807) is 6.92 Å². The number of hydrogen-bond donors (Lipinski definition) is 1. The lowest BCUT2D eigenvalue weighted by Gasteiger charge is -2.21. The highest BCUT2D eigenvalue weighted by molar-refractivity contribution is 7.92. The molecule has 2 N–H and O–H groups in total.